The van der Waals surface area contributed by atoms with Crippen LogP contribution in [0.3, 0.4) is 0 Å². The van der Waals surface area contributed by atoms with E-state index in [2.05, 4.69) is 10.5 Å². The number of nitro benzene ring substituents is 1. The first-order chi connectivity index (χ1) is 15.9. The molecule has 0 saturated carbocycles. The summed E-state index contributed by atoms with van der Waals surface area (Å²) >= 11 is 12.0. The van der Waals surface area contributed by atoms with E-state index >= 15 is 0 Å². The van der Waals surface area contributed by atoms with Crippen molar-refractivity contribution in [1.82, 2.24) is 5.43 Å². The number of ether oxygens (including phenoxy) is 1. The van der Waals surface area contributed by atoms with Crippen LogP contribution in [0.1, 0.15) is 16.1 Å². The highest BCUT2D eigenvalue weighted by Gasteiger charge is 2.19. The van der Waals surface area contributed by atoms with Gasteiger partial charge in [-0.25, -0.2) is 5.43 Å². The number of nitrogens with one attached hydrogen (secondary N) is 1. The molecule has 0 fully saturated rings. The van der Waals surface area contributed by atoms with Crippen LogP contribution in [0.15, 0.2) is 70.2 Å². The summed E-state index contributed by atoms with van der Waals surface area (Å²) in [5.74, 6) is 0.533. The summed E-state index contributed by atoms with van der Waals surface area (Å²) in [7, 11) is 1.49. The number of rotatable bonds is 6. The van der Waals surface area contributed by atoms with Crippen molar-refractivity contribution in [1.29, 1.82) is 0 Å². The third-order valence-electron chi connectivity index (χ3n) is 4.80. The van der Waals surface area contributed by atoms with Crippen LogP contribution in [-0.2, 0) is 0 Å². The summed E-state index contributed by atoms with van der Waals surface area (Å²) in [6, 6.07) is 16.8. The van der Waals surface area contributed by atoms with E-state index in [4.69, 9.17) is 32.4 Å². The second-order valence-electron chi connectivity index (χ2n) is 6.84. The van der Waals surface area contributed by atoms with Crippen molar-refractivity contribution in [2.75, 3.05) is 7.11 Å². The van der Waals surface area contributed by atoms with E-state index in [1.165, 1.54) is 25.5 Å². The Kier molecular flexibility index (Phi) is 6.30. The Morgan fingerprint density at radius 2 is 1.82 bits per heavy atom. The predicted molar refractivity (Wildman–Crippen MR) is 126 cm³/mol. The van der Waals surface area contributed by atoms with E-state index in [1.807, 2.05) is 24.3 Å². The zero-order valence-electron chi connectivity index (χ0n) is 17.0. The van der Waals surface area contributed by atoms with Crippen LogP contribution in [0, 0.1) is 10.1 Å². The Morgan fingerprint density at radius 1 is 1.09 bits per heavy atom. The molecule has 4 aromatic rings. The molecule has 1 N–H and O–H groups in total. The standard InChI is InChI=1S/C23H15Cl2N3O5/c1-32-22-9-14-5-3-2-4-13(14)8-17(22)23(29)27-26-12-15-6-7-21(33-15)16-10-20(28(30)31)19(25)11-18(16)24/h2-12H,1H3,(H,27,29). The molecular weight excluding hydrogens is 469 g/mol. The minimum atomic E-state index is -0.607. The number of halogens is 2. The van der Waals surface area contributed by atoms with Crippen molar-refractivity contribution < 1.29 is 18.9 Å². The van der Waals surface area contributed by atoms with Gasteiger partial charge in [0.2, 0.25) is 0 Å². The molecule has 0 spiro atoms. The molecule has 0 atom stereocenters. The van der Waals surface area contributed by atoms with Crippen molar-refractivity contribution in [3.05, 3.63) is 92.1 Å². The van der Waals surface area contributed by atoms with Gasteiger partial charge in [-0.05, 0) is 41.1 Å². The Morgan fingerprint density at radius 3 is 2.52 bits per heavy atom. The molecule has 8 nitrogen and oxygen atoms in total. The second-order valence-corrected chi connectivity index (χ2v) is 7.66. The van der Waals surface area contributed by atoms with Gasteiger partial charge < -0.3 is 9.15 Å². The fourth-order valence-electron chi connectivity index (χ4n) is 3.21. The molecule has 0 radical (unpaired) electrons. The lowest BCUT2D eigenvalue weighted by Crippen LogP contribution is -2.18. The van der Waals surface area contributed by atoms with Crippen LogP contribution in [0.5, 0.6) is 5.75 Å². The van der Waals surface area contributed by atoms with Crippen molar-refractivity contribution in [3.8, 4) is 17.1 Å². The smallest absolute Gasteiger partial charge is 0.288 e. The van der Waals surface area contributed by atoms with Gasteiger partial charge in [0.15, 0.2) is 0 Å². The average molecular weight is 484 g/mol. The molecule has 0 bridgehead atoms. The summed E-state index contributed by atoms with van der Waals surface area (Å²) < 4.78 is 11.0. The van der Waals surface area contributed by atoms with Crippen LogP contribution in [0.2, 0.25) is 10.0 Å². The molecule has 33 heavy (non-hydrogen) atoms. The number of nitrogens with zero attached hydrogens (tertiary/aromatic N) is 2. The number of furan rings is 1. The third kappa shape index (κ3) is 4.67. The van der Waals surface area contributed by atoms with Crippen molar-refractivity contribution in [3.63, 3.8) is 0 Å². The highest BCUT2D eigenvalue weighted by Crippen LogP contribution is 2.37. The quantitative estimate of drug-likeness (QED) is 0.203. The van der Waals surface area contributed by atoms with E-state index in [9.17, 15) is 14.9 Å². The molecule has 4 rings (SSSR count). The van der Waals surface area contributed by atoms with E-state index < -0.39 is 10.8 Å². The number of hydrazone groups is 1. The third-order valence-corrected chi connectivity index (χ3v) is 5.41. The predicted octanol–water partition coefficient (Wildman–Crippen LogP) is 6.09. The molecule has 10 heteroatoms. The van der Waals surface area contributed by atoms with Crippen LogP contribution < -0.4 is 10.2 Å². The highest BCUT2D eigenvalue weighted by atomic mass is 35.5. The highest BCUT2D eigenvalue weighted by molar-refractivity contribution is 6.37. The lowest BCUT2D eigenvalue weighted by Gasteiger charge is -2.09. The van der Waals surface area contributed by atoms with Gasteiger partial charge in [0.1, 0.15) is 22.3 Å². The van der Waals surface area contributed by atoms with Crippen molar-refractivity contribution >= 4 is 51.8 Å². The summed E-state index contributed by atoms with van der Waals surface area (Å²) in [6.45, 7) is 0. The second kappa shape index (κ2) is 9.32. The van der Waals surface area contributed by atoms with E-state index in [-0.39, 0.29) is 21.5 Å². The zero-order valence-corrected chi connectivity index (χ0v) is 18.6. The normalized spacial score (nSPS) is 11.1. The number of amides is 1. The van der Waals surface area contributed by atoms with Gasteiger partial charge in [0.05, 0.1) is 28.8 Å². The summed E-state index contributed by atoms with van der Waals surface area (Å²) in [4.78, 5) is 23.2. The van der Waals surface area contributed by atoms with E-state index in [0.717, 1.165) is 10.8 Å². The molecule has 1 amide bonds. The zero-order chi connectivity index (χ0) is 23.5. The minimum absolute atomic E-state index is 0.0751. The maximum Gasteiger partial charge on any atom is 0.288 e. The molecule has 1 heterocycles. The summed E-state index contributed by atoms with van der Waals surface area (Å²) in [5.41, 5.74) is 2.77. The van der Waals surface area contributed by atoms with Crippen LogP contribution in [0.25, 0.3) is 22.1 Å². The average Bonchev–Trinajstić information content (AvgIpc) is 3.26. The fraction of sp³-hybridized carbons (Fsp3) is 0.0435. The number of carbonyl (C=O) groups is 1. The Hall–Kier alpha value is -3.88. The molecular formula is C23H15Cl2N3O5. The molecule has 0 aliphatic carbocycles. The van der Waals surface area contributed by atoms with Gasteiger partial charge in [0.25, 0.3) is 11.6 Å². The molecule has 3 aromatic carbocycles. The number of hydrogen-bond acceptors (Lipinski definition) is 6. The van der Waals surface area contributed by atoms with E-state index in [1.54, 1.807) is 24.3 Å². The number of methoxy groups -OCH3 is 1. The Labute approximate surface area is 197 Å². The molecule has 0 unspecified atom stereocenters. The maximum absolute atomic E-state index is 12.6. The van der Waals surface area contributed by atoms with Crippen molar-refractivity contribution in [2.24, 2.45) is 5.10 Å². The molecule has 0 aliphatic heterocycles. The van der Waals surface area contributed by atoms with Crippen LogP contribution >= 0.6 is 23.2 Å². The monoisotopic (exact) mass is 483 g/mol. The number of nitro groups is 1. The lowest BCUT2D eigenvalue weighted by atomic mass is 10.1. The molecule has 0 saturated heterocycles. The first kappa shape index (κ1) is 22.3. The Bertz CT molecular complexity index is 1410. The Balaban J connectivity index is 1.53. The largest absolute Gasteiger partial charge is 0.496 e. The first-order valence-electron chi connectivity index (χ1n) is 9.51. The topological polar surface area (TPSA) is 107 Å². The number of benzene rings is 3. The fourth-order valence-corrected chi connectivity index (χ4v) is 3.76. The van der Waals surface area contributed by atoms with Gasteiger partial charge in [-0.1, -0.05) is 47.5 Å². The number of fused-ring (bicyclic) bond motifs is 1. The SMILES string of the molecule is COc1cc2ccccc2cc1C(=O)NN=Cc1ccc(-c2cc([N+](=O)[O-])c(Cl)cc2Cl)o1. The van der Waals surface area contributed by atoms with Gasteiger partial charge in [-0.3, -0.25) is 14.9 Å². The molecule has 0 aliphatic rings. The van der Waals surface area contributed by atoms with Gasteiger partial charge in [-0.2, -0.15) is 5.10 Å². The summed E-state index contributed by atoms with van der Waals surface area (Å²) in [6.07, 6.45) is 1.30. The first-order valence-corrected chi connectivity index (χ1v) is 10.3. The number of carbonyl (C=O) groups excluding carboxylic acids is 1. The summed E-state index contributed by atoms with van der Waals surface area (Å²) in [5, 5.41) is 17.0. The van der Waals surface area contributed by atoms with Crippen molar-refractivity contribution in [2.45, 2.75) is 0 Å². The van der Waals surface area contributed by atoms with E-state index in [0.29, 0.717) is 22.6 Å². The van der Waals surface area contributed by atoms with Gasteiger partial charge in [-0.15, -0.1) is 0 Å². The van der Waals surface area contributed by atoms with Gasteiger partial charge in [0, 0.05) is 11.6 Å². The number of hydrogen-bond donors (Lipinski definition) is 1. The molecule has 166 valence electrons. The van der Waals surface area contributed by atoms with Crippen LogP contribution in [0.4, 0.5) is 5.69 Å². The van der Waals surface area contributed by atoms with Crippen LogP contribution in [-0.4, -0.2) is 24.2 Å². The molecule has 1 aromatic heterocycles. The maximum atomic E-state index is 12.6. The minimum Gasteiger partial charge on any atom is -0.496 e. The lowest BCUT2D eigenvalue weighted by molar-refractivity contribution is -0.384. The van der Waals surface area contributed by atoms with Gasteiger partial charge >= 0.3 is 0 Å².